The zero-order valence-corrected chi connectivity index (χ0v) is 12.2. The van der Waals surface area contributed by atoms with E-state index in [1.54, 1.807) is 14.2 Å². The zero-order valence-electron chi connectivity index (χ0n) is 12.2. The van der Waals surface area contributed by atoms with Crippen molar-refractivity contribution in [3.63, 3.8) is 0 Å². The fourth-order valence-electron chi connectivity index (χ4n) is 2.96. The Labute approximate surface area is 123 Å². The van der Waals surface area contributed by atoms with Gasteiger partial charge in [-0.2, -0.15) is 0 Å². The van der Waals surface area contributed by atoms with Crippen LogP contribution in [-0.2, 0) is 6.42 Å². The van der Waals surface area contributed by atoms with Gasteiger partial charge >= 0.3 is 0 Å². The Hall–Kier alpha value is -2.07. The summed E-state index contributed by atoms with van der Waals surface area (Å²) in [4.78, 5) is 0. The second-order valence-electron chi connectivity index (χ2n) is 5.21. The second-order valence-corrected chi connectivity index (χ2v) is 5.21. The van der Waals surface area contributed by atoms with Crippen molar-refractivity contribution in [2.24, 2.45) is 0 Å². The number of quaternary nitrogens is 1. The molecule has 0 fully saturated rings. The van der Waals surface area contributed by atoms with E-state index in [4.69, 9.17) is 9.47 Å². The molecule has 4 heteroatoms. The molecule has 3 rings (SSSR count). The lowest BCUT2D eigenvalue weighted by atomic mass is 9.89. The molecule has 1 atom stereocenters. The molecule has 3 nitrogen and oxygen atoms in total. The van der Waals surface area contributed by atoms with Crippen LogP contribution in [0.25, 0.3) is 0 Å². The molecule has 0 unspecified atom stereocenters. The van der Waals surface area contributed by atoms with E-state index in [0.29, 0.717) is 0 Å². The monoisotopic (exact) mass is 288 g/mol. The molecular formula is C17H19FNO2+. The normalized spacial score (nSPS) is 17.2. The van der Waals surface area contributed by atoms with Crippen LogP contribution in [0.1, 0.15) is 22.7 Å². The number of fused-ring (bicyclic) bond motifs is 1. The van der Waals surface area contributed by atoms with Gasteiger partial charge in [0, 0.05) is 17.5 Å². The van der Waals surface area contributed by atoms with Crippen LogP contribution in [0.5, 0.6) is 11.5 Å². The van der Waals surface area contributed by atoms with Crippen molar-refractivity contribution in [2.75, 3.05) is 20.8 Å². The molecule has 0 amide bonds. The van der Waals surface area contributed by atoms with E-state index in [-0.39, 0.29) is 11.9 Å². The minimum absolute atomic E-state index is 0.175. The first-order chi connectivity index (χ1) is 10.2. The maximum atomic E-state index is 13.1. The van der Waals surface area contributed by atoms with Crippen LogP contribution in [0.2, 0.25) is 0 Å². The van der Waals surface area contributed by atoms with Gasteiger partial charge in [0.2, 0.25) is 0 Å². The topological polar surface area (TPSA) is 35.1 Å². The van der Waals surface area contributed by atoms with Crippen LogP contribution in [0, 0.1) is 5.82 Å². The molecule has 0 radical (unpaired) electrons. The summed E-state index contributed by atoms with van der Waals surface area (Å²) in [5.41, 5.74) is 3.58. The van der Waals surface area contributed by atoms with Crippen molar-refractivity contribution in [1.29, 1.82) is 0 Å². The highest BCUT2D eigenvalue weighted by atomic mass is 19.1. The zero-order chi connectivity index (χ0) is 14.8. The first kappa shape index (κ1) is 13.9. The average molecular weight is 288 g/mol. The van der Waals surface area contributed by atoms with Crippen molar-refractivity contribution < 1.29 is 19.2 Å². The molecule has 0 aliphatic carbocycles. The molecule has 2 N–H and O–H groups in total. The molecule has 0 aromatic heterocycles. The van der Waals surface area contributed by atoms with Gasteiger partial charge in [0.25, 0.3) is 0 Å². The fraction of sp³-hybridized carbons (Fsp3) is 0.294. The van der Waals surface area contributed by atoms with E-state index in [9.17, 15) is 4.39 Å². The summed E-state index contributed by atoms with van der Waals surface area (Å²) in [6.45, 7) is 1.00. The average Bonchev–Trinajstić information content (AvgIpc) is 2.53. The largest absolute Gasteiger partial charge is 0.493 e. The number of halogens is 1. The standard InChI is InChI=1S/C17H18FNO2/c1-20-15-9-12-7-8-19-17(14(12)10-16(15)21-2)11-3-5-13(18)6-4-11/h3-6,9-10,17,19H,7-8H2,1-2H3/p+1/t17-/m1/s1. The minimum Gasteiger partial charge on any atom is -0.493 e. The summed E-state index contributed by atoms with van der Waals surface area (Å²) < 4.78 is 23.9. The lowest BCUT2D eigenvalue weighted by Crippen LogP contribution is -2.87. The number of hydrogen-bond acceptors (Lipinski definition) is 2. The van der Waals surface area contributed by atoms with E-state index < -0.39 is 0 Å². The third-order valence-electron chi connectivity index (χ3n) is 4.03. The molecule has 1 heterocycles. The number of hydrogen-bond donors (Lipinski definition) is 1. The highest BCUT2D eigenvalue weighted by Gasteiger charge is 2.27. The molecule has 2 aromatic carbocycles. The van der Waals surface area contributed by atoms with E-state index in [1.807, 2.05) is 18.2 Å². The van der Waals surface area contributed by atoms with Crippen LogP contribution in [0.4, 0.5) is 4.39 Å². The van der Waals surface area contributed by atoms with Crippen LogP contribution >= 0.6 is 0 Å². The Morgan fingerprint density at radius 1 is 1.05 bits per heavy atom. The first-order valence-corrected chi connectivity index (χ1v) is 7.06. The highest BCUT2D eigenvalue weighted by Crippen LogP contribution is 2.35. The molecule has 0 spiro atoms. The fourth-order valence-corrected chi connectivity index (χ4v) is 2.96. The Balaban J connectivity index is 2.06. The molecule has 21 heavy (non-hydrogen) atoms. The molecule has 0 saturated heterocycles. The number of benzene rings is 2. The summed E-state index contributed by atoms with van der Waals surface area (Å²) in [7, 11) is 3.29. The maximum Gasteiger partial charge on any atom is 0.161 e. The minimum atomic E-state index is -0.206. The summed E-state index contributed by atoms with van der Waals surface area (Å²) >= 11 is 0. The van der Waals surface area contributed by atoms with Crippen molar-refractivity contribution in [3.05, 3.63) is 58.9 Å². The summed E-state index contributed by atoms with van der Waals surface area (Å²) in [6.07, 6.45) is 0.993. The highest BCUT2D eigenvalue weighted by molar-refractivity contribution is 5.50. The molecule has 1 aliphatic heterocycles. The van der Waals surface area contributed by atoms with Gasteiger partial charge in [0.1, 0.15) is 11.9 Å². The van der Waals surface area contributed by atoms with Gasteiger partial charge in [-0.1, -0.05) is 0 Å². The number of ether oxygens (including phenoxy) is 2. The maximum absolute atomic E-state index is 13.1. The van der Waals surface area contributed by atoms with Crippen LogP contribution in [-0.4, -0.2) is 20.8 Å². The van der Waals surface area contributed by atoms with E-state index >= 15 is 0 Å². The van der Waals surface area contributed by atoms with Gasteiger partial charge in [0.05, 0.1) is 20.8 Å². The van der Waals surface area contributed by atoms with Gasteiger partial charge in [-0.05, 0) is 42.0 Å². The SMILES string of the molecule is COc1cc2c(cc1OC)[C@@H](c1ccc(F)cc1)[NH2+]CC2. The number of methoxy groups -OCH3 is 2. The van der Waals surface area contributed by atoms with E-state index in [2.05, 4.69) is 11.4 Å². The third kappa shape index (κ3) is 2.59. The number of nitrogens with two attached hydrogens (primary N) is 1. The summed E-state index contributed by atoms with van der Waals surface area (Å²) in [5, 5.41) is 2.28. The van der Waals surface area contributed by atoms with Gasteiger partial charge in [-0.25, -0.2) is 4.39 Å². The van der Waals surface area contributed by atoms with Crippen molar-refractivity contribution in [1.82, 2.24) is 0 Å². The second kappa shape index (κ2) is 5.74. The molecule has 0 bridgehead atoms. The Bertz CT molecular complexity index is 640. The Morgan fingerprint density at radius 3 is 2.38 bits per heavy atom. The van der Waals surface area contributed by atoms with Gasteiger partial charge in [-0.15, -0.1) is 0 Å². The van der Waals surface area contributed by atoms with Gasteiger partial charge in [-0.3, -0.25) is 0 Å². The molecular weight excluding hydrogens is 269 g/mol. The third-order valence-corrected chi connectivity index (χ3v) is 4.03. The molecule has 2 aromatic rings. The van der Waals surface area contributed by atoms with Gasteiger partial charge in [0.15, 0.2) is 11.5 Å². The lowest BCUT2D eigenvalue weighted by Gasteiger charge is -2.25. The van der Waals surface area contributed by atoms with E-state index in [0.717, 1.165) is 30.0 Å². The van der Waals surface area contributed by atoms with Crippen LogP contribution < -0.4 is 14.8 Å². The summed E-state index contributed by atoms with van der Waals surface area (Å²) in [5.74, 6) is 1.29. The van der Waals surface area contributed by atoms with Crippen LogP contribution in [0.3, 0.4) is 0 Å². The molecule has 0 saturated carbocycles. The quantitative estimate of drug-likeness (QED) is 0.938. The predicted octanol–water partition coefficient (Wildman–Crippen LogP) is 2.05. The van der Waals surface area contributed by atoms with Crippen molar-refractivity contribution >= 4 is 0 Å². The first-order valence-electron chi connectivity index (χ1n) is 7.06. The summed E-state index contributed by atoms with van der Waals surface area (Å²) in [6, 6.07) is 11.0. The molecule has 110 valence electrons. The Kier molecular flexibility index (Phi) is 3.80. The van der Waals surface area contributed by atoms with Gasteiger partial charge < -0.3 is 14.8 Å². The van der Waals surface area contributed by atoms with Crippen molar-refractivity contribution in [2.45, 2.75) is 12.5 Å². The van der Waals surface area contributed by atoms with Crippen LogP contribution in [0.15, 0.2) is 36.4 Å². The smallest absolute Gasteiger partial charge is 0.161 e. The Morgan fingerprint density at radius 2 is 1.71 bits per heavy atom. The van der Waals surface area contributed by atoms with Crippen molar-refractivity contribution in [3.8, 4) is 11.5 Å². The lowest BCUT2D eigenvalue weighted by molar-refractivity contribution is -0.690. The molecule has 1 aliphatic rings. The predicted molar refractivity (Wildman–Crippen MR) is 78.3 cm³/mol. The number of rotatable bonds is 3. The van der Waals surface area contributed by atoms with E-state index in [1.165, 1.54) is 23.3 Å².